The van der Waals surface area contributed by atoms with Crippen LogP contribution in [0.25, 0.3) is 11.1 Å². The van der Waals surface area contributed by atoms with Crippen molar-refractivity contribution in [1.82, 2.24) is 0 Å². The lowest BCUT2D eigenvalue weighted by Gasteiger charge is -2.28. The maximum atomic E-state index is 12.6. The minimum absolute atomic E-state index is 0.0815. The smallest absolute Gasteiger partial charge is 0.205 e. The fourth-order valence-electron chi connectivity index (χ4n) is 3.67. The van der Waals surface area contributed by atoms with E-state index in [2.05, 4.69) is 31.2 Å². The van der Waals surface area contributed by atoms with Crippen LogP contribution < -0.4 is 0 Å². The zero-order valence-corrected chi connectivity index (χ0v) is 13.6. The zero-order chi connectivity index (χ0) is 16.2. The molecule has 2 aromatic carbocycles. The van der Waals surface area contributed by atoms with E-state index >= 15 is 0 Å². The van der Waals surface area contributed by atoms with Gasteiger partial charge in [-0.3, -0.25) is 0 Å². The van der Waals surface area contributed by atoms with E-state index in [-0.39, 0.29) is 5.56 Å². The molecule has 0 spiro atoms. The Kier molecular flexibility index (Phi) is 5.09. The summed E-state index contributed by atoms with van der Waals surface area (Å²) in [4.78, 5) is 0. The van der Waals surface area contributed by atoms with E-state index in [1.807, 2.05) is 0 Å². The second-order valence-corrected chi connectivity index (χ2v) is 6.67. The van der Waals surface area contributed by atoms with Crippen LogP contribution in [-0.2, 0) is 0 Å². The normalized spacial score (nSPS) is 21.6. The molecule has 0 atom stereocenters. The molecule has 0 heterocycles. The van der Waals surface area contributed by atoms with Crippen molar-refractivity contribution in [2.24, 2.45) is 5.92 Å². The van der Waals surface area contributed by atoms with E-state index in [0.29, 0.717) is 5.92 Å². The largest absolute Gasteiger partial charge is 0.263 e. The van der Waals surface area contributed by atoms with Crippen molar-refractivity contribution >= 4 is 0 Å². The van der Waals surface area contributed by atoms with E-state index in [1.165, 1.54) is 49.8 Å². The predicted octanol–water partition coefficient (Wildman–Crippen LogP) is 6.98. The maximum Gasteiger partial charge on any atom is 0.263 e. The van der Waals surface area contributed by atoms with E-state index in [1.54, 1.807) is 12.1 Å². The maximum absolute atomic E-state index is 12.6. The molecule has 0 aliphatic heterocycles. The molecule has 0 aromatic heterocycles. The highest BCUT2D eigenvalue weighted by atomic mass is 19.3. The van der Waals surface area contributed by atoms with Crippen LogP contribution in [0.5, 0.6) is 0 Å². The van der Waals surface area contributed by atoms with Gasteiger partial charge in [-0.1, -0.05) is 61.9 Å². The molecule has 2 aromatic rings. The van der Waals surface area contributed by atoms with E-state index in [9.17, 15) is 8.78 Å². The molecule has 0 N–H and O–H groups in total. The van der Waals surface area contributed by atoms with Gasteiger partial charge in [-0.05, 0) is 54.2 Å². The molecule has 0 amide bonds. The van der Waals surface area contributed by atoms with Gasteiger partial charge >= 0.3 is 0 Å². The van der Waals surface area contributed by atoms with Crippen LogP contribution in [0, 0.1) is 5.92 Å². The first-order valence-electron chi connectivity index (χ1n) is 8.65. The number of alkyl halides is 2. The standard InChI is InChI=1S/C21H24F2/c1-2-15-3-5-16(6-4-15)17-7-9-18(10-8-17)19-11-13-20(14-12-19)21(22)23/h7-16,21H,2-6H2,1H3/t15-,16-. The van der Waals surface area contributed by atoms with Gasteiger partial charge in [-0.2, -0.15) is 0 Å². The minimum atomic E-state index is -2.40. The summed E-state index contributed by atoms with van der Waals surface area (Å²) in [7, 11) is 0. The monoisotopic (exact) mass is 314 g/mol. The summed E-state index contributed by atoms with van der Waals surface area (Å²) >= 11 is 0. The van der Waals surface area contributed by atoms with Crippen molar-refractivity contribution in [3.8, 4) is 11.1 Å². The van der Waals surface area contributed by atoms with Gasteiger partial charge in [0.15, 0.2) is 0 Å². The van der Waals surface area contributed by atoms with Gasteiger partial charge in [0.2, 0.25) is 0 Å². The Morgan fingerprint density at radius 2 is 1.35 bits per heavy atom. The molecule has 1 aliphatic rings. The lowest BCUT2D eigenvalue weighted by Crippen LogP contribution is -2.12. The Balaban J connectivity index is 1.69. The zero-order valence-electron chi connectivity index (χ0n) is 13.6. The molecule has 2 heteroatoms. The SMILES string of the molecule is CC[C@H]1CC[C@H](c2ccc(-c3ccc(C(F)F)cc3)cc2)CC1. The fraction of sp³-hybridized carbons (Fsp3) is 0.429. The molecule has 0 nitrogen and oxygen atoms in total. The molecule has 1 aliphatic carbocycles. The van der Waals surface area contributed by atoms with Crippen molar-refractivity contribution in [3.05, 3.63) is 59.7 Å². The average Bonchev–Trinajstić information content (AvgIpc) is 2.62. The van der Waals surface area contributed by atoms with Gasteiger partial charge in [0.05, 0.1) is 0 Å². The van der Waals surface area contributed by atoms with Gasteiger partial charge in [0, 0.05) is 5.56 Å². The van der Waals surface area contributed by atoms with Crippen LogP contribution in [0.1, 0.15) is 62.5 Å². The molecule has 23 heavy (non-hydrogen) atoms. The van der Waals surface area contributed by atoms with Crippen LogP contribution in [-0.4, -0.2) is 0 Å². The Bertz CT molecular complexity index is 605. The highest BCUT2D eigenvalue weighted by Crippen LogP contribution is 2.37. The summed E-state index contributed by atoms with van der Waals surface area (Å²) in [6.07, 6.45) is 4.18. The summed E-state index contributed by atoms with van der Waals surface area (Å²) < 4.78 is 25.2. The third-order valence-electron chi connectivity index (χ3n) is 5.30. The van der Waals surface area contributed by atoms with Gasteiger partial charge in [0.25, 0.3) is 6.43 Å². The number of halogens is 2. The molecular weight excluding hydrogens is 290 g/mol. The first-order valence-corrected chi connectivity index (χ1v) is 8.65. The second kappa shape index (κ2) is 7.25. The van der Waals surface area contributed by atoms with Crippen molar-refractivity contribution < 1.29 is 8.78 Å². The van der Waals surface area contributed by atoms with Crippen LogP contribution in [0.4, 0.5) is 8.78 Å². The van der Waals surface area contributed by atoms with Crippen molar-refractivity contribution in [2.45, 2.75) is 51.4 Å². The highest BCUT2D eigenvalue weighted by Gasteiger charge is 2.21. The predicted molar refractivity (Wildman–Crippen MR) is 91.8 cm³/mol. The topological polar surface area (TPSA) is 0 Å². The van der Waals surface area contributed by atoms with E-state index < -0.39 is 6.43 Å². The highest BCUT2D eigenvalue weighted by molar-refractivity contribution is 5.64. The summed E-state index contributed by atoms with van der Waals surface area (Å²) in [6, 6.07) is 15.3. The molecule has 0 unspecified atom stereocenters. The molecule has 1 fully saturated rings. The summed E-state index contributed by atoms with van der Waals surface area (Å²) in [5, 5.41) is 0. The molecule has 0 bridgehead atoms. The van der Waals surface area contributed by atoms with Gasteiger partial charge in [-0.15, -0.1) is 0 Å². The quantitative estimate of drug-likeness (QED) is 0.571. The van der Waals surface area contributed by atoms with Gasteiger partial charge in [0.1, 0.15) is 0 Å². The minimum Gasteiger partial charge on any atom is -0.205 e. The molecule has 1 saturated carbocycles. The van der Waals surface area contributed by atoms with E-state index in [0.717, 1.165) is 17.0 Å². The molecule has 3 rings (SSSR count). The Morgan fingerprint density at radius 1 is 0.826 bits per heavy atom. The molecule has 0 saturated heterocycles. The lowest BCUT2D eigenvalue weighted by molar-refractivity contribution is 0.151. The van der Waals surface area contributed by atoms with Crippen LogP contribution >= 0.6 is 0 Å². The average molecular weight is 314 g/mol. The van der Waals surface area contributed by atoms with Crippen molar-refractivity contribution in [2.75, 3.05) is 0 Å². The van der Waals surface area contributed by atoms with Crippen LogP contribution in [0.3, 0.4) is 0 Å². The van der Waals surface area contributed by atoms with Gasteiger partial charge in [-0.25, -0.2) is 8.78 Å². The number of benzene rings is 2. The molecule has 122 valence electrons. The second-order valence-electron chi connectivity index (χ2n) is 6.67. The Morgan fingerprint density at radius 3 is 1.83 bits per heavy atom. The van der Waals surface area contributed by atoms with Crippen molar-refractivity contribution in [1.29, 1.82) is 0 Å². The van der Waals surface area contributed by atoms with Gasteiger partial charge < -0.3 is 0 Å². The number of rotatable bonds is 4. The Hall–Kier alpha value is -1.70. The summed E-state index contributed by atoms with van der Waals surface area (Å²) in [6.45, 7) is 2.29. The van der Waals surface area contributed by atoms with E-state index in [4.69, 9.17) is 0 Å². The summed E-state index contributed by atoms with van der Waals surface area (Å²) in [5.74, 6) is 1.60. The van der Waals surface area contributed by atoms with Crippen LogP contribution in [0.15, 0.2) is 48.5 Å². The van der Waals surface area contributed by atoms with Crippen molar-refractivity contribution in [3.63, 3.8) is 0 Å². The first kappa shape index (κ1) is 16.2. The third kappa shape index (κ3) is 3.80. The Labute approximate surface area is 137 Å². The fourth-order valence-corrected chi connectivity index (χ4v) is 3.67. The molecule has 0 radical (unpaired) electrons. The van der Waals surface area contributed by atoms with Crippen LogP contribution in [0.2, 0.25) is 0 Å². The summed E-state index contributed by atoms with van der Waals surface area (Å²) in [5.41, 5.74) is 3.60. The lowest BCUT2D eigenvalue weighted by atomic mass is 9.77. The molecular formula is C21H24F2. The number of hydrogen-bond donors (Lipinski definition) is 0. The number of hydrogen-bond acceptors (Lipinski definition) is 0. The third-order valence-corrected chi connectivity index (χ3v) is 5.30. The first-order chi connectivity index (χ1) is 11.2.